The van der Waals surface area contributed by atoms with Crippen LogP contribution in [0.15, 0.2) is 43.0 Å². The van der Waals surface area contributed by atoms with Gasteiger partial charge in [0.2, 0.25) is 0 Å². The van der Waals surface area contributed by atoms with Crippen molar-refractivity contribution in [1.82, 2.24) is 0 Å². The van der Waals surface area contributed by atoms with Crippen LogP contribution in [0, 0.1) is 0 Å². The van der Waals surface area contributed by atoms with Crippen LogP contribution >= 0.6 is 0 Å². The van der Waals surface area contributed by atoms with Gasteiger partial charge >= 0.3 is 116 Å². The van der Waals surface area contributed by atoms with Gasteiger partial charge in [0.05, 0.1) is 0 Å². The molecule has 0 aromatic heterocycles. The van der Waals surface area contributed by atoms with E-state index in [1.54, 1.807) is 6.08 Å². The third kappa shape index (κ3) is 6.97. The molecule has 18 heavy (non-hydrogen) atoms. The van der Waals surface area contributed by atoms with E-state index in [-0.39, 0.29) is 11.9 Å². The van der Waals surface area contributed by atoms with E-state index in [0.717, 1.165) is 5.32 Å². The van der Waals surface area contributed by atoms with Gasteiger partial charge in [0.25, 0.3) is 0 Å². The third-order valence-corrected chi connectivity index (χ3v) is 4.21. The van der Waals surface area contributed by atoms with Crippen molar-refractivity contribution in [3.05, 3.63) is 43.0 Å². The molecule has 1 atom stereocenters. The first kappa shape index (κ1) is 15.5. The van der Waals surface area contributed by atoms with Crippen LogP contribution in [0.5, 0.6) is 0 Å². The Morgan fingerprint density at radius 1 is 1.28 bits per heavy atom. The van der Waals surface area contributed by atoms with Crippen LogP contribution in [0.2, 0.25) is 5.32 Å². The summed E-state index contributed by atoms with van der Waals surface area (Å²) in [6.45, 7) is 10.4. The van der Waals surface area contributed by atoms with Crippen molar-refractivity contribution >= 4 is 19.4 Å². The van der Waals surface area contributed by atoms with Gasteiger partial charge in [-0.25, -0.2) is 0 Å². The second-order valence-electron chi connectivity index (χ2n) is 4.91. The van der Waals surface area contributed by atoms with Crippen molar-refractivity contribution in [2.24, 2.45) is 0 Å². The molecule has 0 radical (unpaired) electrons. The van der Waals surface area contributed by atoms with Crippen LogP contribution < -0.4 is 4.46 Å². The van der Waals surface area contributed by atoms with E-state index in [1.165, 1.54) is 4.46 Å². The summed E-state index contributed by atoms with van der Waals surface area (Å²) in [6.07, 6.45) is 1.61. The SMILES string of the molecule is C=CCOC(C[Se]c1ccccc1)OC(C)(C)C. The Labute approximate surface area is 117 Å². The van der Waals surface area contributed by atoms with Crippen LogP contribution in [0.3, 0.4) is 0 Å². The van der Waals surface area contributed by atoms with Crippen LogP contribution in [0.4, 0.5) is 0 Å². The molecule has 0 aliphatic heterocycles. The molecule has 0 fully saturated rings. The Hall–Kier alpha value is -0.601. The second-order valence-corrected chi connectivity index (χ2v) is 7.20. The zero-order valence-corrected chi connectivity index (χ0v) is 13.1. The number of rotatable bonds is 7. The van der Waals surface area contributed by atoms with Gasteiger partial charge in [0, 0.05) is 0 Å². The average Bonchev–Trinajstić information content (AvgIpc) is 2.32. The standard InChI is InChI=1S/C15H22O2Se/c1-5-11-16-14(17-15(2,3)4)12-18-13-9-7-6-8-10-13/h5-10,14H,1,11-12H2,2-4H3. The molecule has 0 saturated heterocycles. The van der Waals surface area contributed by atoms with E-state index in [0.29, 0.717) is 21.6 Å². The zero-order valence-electron chi connectivity index (χ0n) is 11.4. The fourth-order valence-electron chi connectivity index (χ4n) is 1.37. The molecule has 0 aliphatic carbocycles. The van der Waals surface area contributed by atoms with Gasteiger partial charge in [-0.15, -0.1) is 0 Å². The van der Waals surface area contributed by atoms with Gasteiger partial charge in [0.1, 0.15) is 0 Å². The van der Waals surface area contributed by atoms with E-state index in [9.17, 15) is 0 Å². The van der Waals surface area contributed by atoms with Gasteiger partial charge in [0.15, 0.2) is 0 Å². The van der Waals surface area contributed by atoms with Gasteiger partial charge in [-0.05, 0) is 0 Å². The van der Waals surface area contributed by atoms with Gasteiger partial charge < -0.3 is 0 Å². The van der Waals surface area contributed by atoms with E-state index in [1.807, 2.05) is 26.8 Å². The molecule has 0 N–H and O–H groups in total. The number of hydrogen-bond acceptors (Lipinski definition) is 2. The molecule has 100 valence electrons. The van der Waals surface area contributed by atoms with Crippen molar-refractivity contribution in [1.29, 1.82) is 0 Å². The normalized spacial score (nSPS) is 13.3. The fraction of sp³-hybridized carbons (Fsp3) is 0.467. The van der Waals surface area contributed by atoms with Gasteiger partial charge in [-0.2, -0.15) is 0 Å². The van der Waals surface area contributed by atoms with E-state index < -0.39 is 0 Å². The molecule has 0 spiro atoms. The number of benzene rings is 1. The predicted octanol–water partition coefficient (Wildman–Crippen LogP) is 2.78. The maximum absolute atomic E-state index is 5.91. The molecule has 1 rings (SSSR count). The Kier molecular flexibility index (Phi) is 6.66. The Morgan fingerprint density at radius 3 is 2.50 bits per heavy atom. The molecule has 0 heterocycles. The molecule has 0 amide bonds. The summed E-state index contributed by atoms with van der Waals surface area (Å²) >= 11 is 0.373. The quantitative estimate of drug-likeness (QED) is 0.438. The van der Waals surface area contributed by atoms with Crippen molar-refractivity contribution in [2.45, 2.75) is 38.0 Å². The summed E-state index contributed by atoms with van der Waals surface area (Å²) < 4.78 is 12.9. The van der Waals surface area contributed by atoms with E-state index in [4.69, 9.17) is 9.47 Å². The summed E-state index contributed by atoms with van der Waals surface area (Å²) in [7, 11) is 0. The van der Waals surface area contributed by atoms with Crippen molar-refractivity contribution in [2.75, 3.05) is 6.61 Å². The molecule has 0 aliphatic rings. The summed E-state index contributed by atoms with van der Waals surface area (Å²) in [4.78, 5) is 0. The van der Waals surface area contributed by atoms with Crippen LogP contribution in [0.25, 0.3) is 0 Å². The molecule has 0 bridgehead atoms. The molecular formula is C15H22O2Se. The number of hydrogen-bond donors (Lipinski definition) is 0. The Balaban J connectivity index is 2.47. The second kappa shape index (κ2) is 7.75. The predicted molar refractivity (Wildman–Crippen MR) is 77.4 cm³/mol. The minimum absolute atomic E-state index is 0.150. The zero-order chi connectivity index (χ0) is 13.4. The topological polar surface area (TPSA) is 18.5 Å². The third-order valence-electron chi connectivity index (χ3n) is 2.01. The molecule has 2 nitrogen and oxygen atoms in total. The fourth-order valence-corrected chi connectivity index (χ4v) is 3.13. The maximum atomic E-state index is 5.91. The first-order valence-corrected chi connectivity index (χ1v) is 8.16. The molecular weight excluding hydrogens is 291 g/mol. The summed E-state index contributed by atoms with van der Waals surface area (Å²) in [5.41, 5.74) is -0.182. The summed E-state index contributed by atoms with van der Waals surface area (Å²) in [5, 5.41) is 0.919. The first-order chi connectivity index (χ1) is 8.51. The molecule has 1 aromatic carbocycles. The van der Waals surface area contributed by atoms with Crippen molar-refractivity contribution < 1.29 is 9.47 Å². The minimum atomic E-state index is -0.182. The van der Waals surface area contributed by atoms with Crippen LogP contribution in [-0.4, -0.2) is 33.5 Å². The summed E-state index contributed by atoms with van der Waals surface area (Å²) in [5.74, 6) is 0. The van der Waals surface area contributed by atoms with E-state index >= 15 is 0 Å². The van der Waals surface area contributed by atoms with E-state index in [2.05, 4.69) is 30.8 Å². The molecule has 0 saturated carbocycles. The van der Waals surface area contributed by atoms with Crippen molar-refractivity contribution in [3.8, 4) is 0 Å². The van der Waals surface area contributed by atoms with Crippen molar-refractivity contribution in [3.63, 3.8) is 0 Å². The monoisotopic (exact) mass is 314 g/mol. The molecule has 3 heteroatoms. The summed E-state index contributed by atoms with van der Waals surface area (Å²) in [6, 6.07) is 10.5. The molecule has 1 aromatic rings. The van der Waals surface area contributed by atoms with Gasteiger partial charge in [-0.3, -0.25) is 0 Å². The Bertz CT molecular complexity index is 343. The first-order valence-electron chi connectivity index (χ1n) is 6.09. The molecule has 1 unspecified atom stereocenters. The van der Waals surface area contributed by atoms with Gasteiger partial charge in [-0.1, -0.05) is 0 Å². The van der Waals surface area contributed by atoms with Crippen LogP contribution in [0.1, 0.15) is 20.8 Å². The Morgan fingerprint density at radius 2 is 1.94 bits per heavy atom. The number of ether oxygens (including phenoxy) is 2. The van der Waals surface area contributed by atoms with Crippen LogP contribution in [-0.2, 0) is 9.47 Å². The average molecular weight is 313 g/mol.